The first-order valence-corrected chi connectivity index (χ1v) is 8.38. The summed E-state index contributed by atoms with van der Waals surface area (Å²) in [5.41, 5.74) is 1.55. The number of aliphatic imine (C=N–C) groups is 1. The molecule has 0 saturated carbocycles. The van der Waals surface area contributed by atoms with Crippen molar-refractivity contribution in [2.24, 2.45) is 4.99 Å². The average Bonchev–Trinajstić information content (AvgIpc) is 2.60. The van der Waals surface area contributed by atoms with Gasteiger partial charge >= 0.3 is 0 Å². The van der Waals surface area contributed by atoms with Gasteiger partial charge in [-0.05, 0) is 44.2 Å². The van der Waals surface area contributed by atoms with Crippen molar-refractivity contribution < 1.29 is 9.53 Å². The van der Waals surface area contributed by atoms with Crippen molar-refractivity contribution in [3.63, 3.8) is 0 Å². The number of amidine groups is 1. The molecule has 26 heavy (non-hydrogen) atoms. The number of aromatic nitrogens is 1. The lowest BCUT2D eigenvalue weighted by Crippen LogP contribution is -2.36. The van der Waals surface area contributed by atoms with Crippen LogP contribution in [0.2, 0.25) is 0 Å². The zero-order chi connectivity index (χ0) is 18.7. The Morgan fingerprint density at radius 3 is 2.85 bits per heavy atom. The van der Waals surface area contributed by atoms with Crippen LogP contribution in [0.4, 0.5) is 0 Å². The molecule has 6 heteroatoms. The maximum Gasteiger partial charge on any atom is 0.222 e. The molecule has 0 spiro atoms. The maximum atomic E-state index is 11.7. The molecule has 0 bridgehead atoms. The quantitative estimate of drug-likeness (QED) is 0.667. The van der Waals surface area contributed by atoms with Crippen LogP contribution in [0, 0.1) is 11.3 Å². The molecule has 1 aliphatic heterocycles. The smallest absolute Gasteiger partial charge is 0.222 e. The Kier molecular flexibility index (Phi) is 4.72. The van der Waals surface area contributed by atoms with Crippen LogP contribution in [0.1, 0.15) is 50.1 Å². The molecule has 6 nitrogen and oxygen atoms in total. The molecule has 1 aromatic carbocycles. The number of carbonyl (C=O) groups is 1. The van der Waals surface area contributed by atoms with Crippen LogP contribution < -0.4 is 10.1 Å². The van der Waals surface area contributed by atoms with Crippen LogP contribution in [-0.4, -0.2) is 22.3 Å². The van der Waals surface area contributed by atoms with E-state index in [9.17, 15) is 10.1 Å². The average molecular weight is 348 g/mol. The van der Waals surface area contributed by atoms with Gasteiger partial charge in [0.15, 0.2) is 5.84 Å². The van der Waals surface area contributed by atoms with Gasteiger partial charge in [0.2, 0.25) is 5.91 Å². The van der Waals surface area contributed by atoms with E-state index in [1.165, 1.54) is 6.92 Å². The number of fused-ring (bicyclic) bond motifs is 1. The van der Waals surface area contributed by atoms with Crippen LogP contribution in [0.5, 0.6) is 5.75 Å². The van der Waals surface area contributed by atoms with Gasteiger partial charge in [-0.2, -0.15) is 5.26 Å². The summed E-state index contributed by atoms with van der Waals surface area (Å²) in [5.74, 6) is 0.901. The summed E-state index contributed by atoms with van der Waals surface area (Å²) < 4.78 is 6.04. The third-order valence-electron chi connectivity index (χ3n) is 4.06. The molecule has 0 radical (unpaired) electrons. The number of carbonyl (C=O) groups excluding carboxylic acids is 1. The van der Waals surface area contributed by atoms with E-state index < -0.39 is 5.60 Å². The summed E-state index contributed by atoms with van der Waals surface area (Å²) in [6.07, 6.45) is 2.27. The topological polar surface area (TPSA) is 87.4 Å². The minimum absolute atomic E-state index is 0.216. The lowest BCUT2D eigenvalue weighted by atomic mass is 9.89. The summed E-state index contributed by atoms with van der Waals surface area (Å²) in [6.45, 7) is 5.43. The van der Waals surface area contributed by atoms with Crippen molar-refractivity contribution in [2.45, 2.75) is 38.8 Å². The Bertz CT molecular complexity index is 898. The number of nitrogens with zero attached hydrogens (tertiary/aromatic N) is 3. The van der Waals surface area contributed by atoms with Crippen LogP contribution >= 0.6 is 0 Å². The fourth-order valence-electron chi connectivity index (χ4n) is 2.99. The fraction of sp³-hybridized carbons (Fsp3) is 0.300. The van der Waals surface area contributed by atoms with Gasteiger partial charge in [0.05, 0.1) is 17.7 Å². The molecule has 1 aliphatic rings. The van der Waals surface area contributed by atoms with Gasteiger partial charge in [0.25, 0.3) is 0 Å². The van der Waals surface area contributed by atoms with E-state index >= 15 is 0 Å². The second-order valence-corrected chi connectivity index (χ2v) is 6.82. The normalized spacial score (nSPS) is 18.2. The highest BCUT2D eigenvalue weighted by Crippen LogP contribution is 2.42. The molecule has 1 N–H and O–H groups in total. The summed E-state index contributed by atoms with van der Waals surface area (Å²) in [7, 11) is 0. The standard InChI is InChI=1S/C20H20N4O2/c1-13(25)23-19(16-6-4-5-9-22-16)24-17-11-20(2,3)26-18-8-7-14(12-21)10-15(17)18/h4-10,17H,11H2,1-3H3,(H,23,24,25). The number of pyridine rings is 1. The first-order valence-electron chi connectivity index (χ1n) is 8.38. The van der Waals surface area contributed by atoms with E-state index in [1.807, 2.05) is 19.9 Å². The maximum absolute atomic E-state index is 11.7. The Balaban J connectivity index is 2.09. The van der Waals surface area contributed by atoms with Crippen LogP contribution in [-0.2, 0) is 4.79 Å². The Morgan fingerprint density at radius 1 is 1.38 bits per heavy atom. The van der Waals surface area contributed by atoms with Gasteiger partial charge in [-0.25, -0.2) is 0 Å². The molecule has 0 saturated heterocycles. The molecular formula is C20H20N4O2. The Hall–Kier alpha value is -3.20. The van der Waals surface area contributed by atoms with Gasteiger partial charge < -0.3 is 10.1 Å². The predicted molar refractivity (Wildman–Crippen MR) is 97.8 cm³/mol. The second kappa shape index (κ2) is 6.96. The highest BCUT2D eigenvalue weighted by atomic mass is 16.5. The van der Waals surface area contributed by atoms with Crippen LogP contribution in [0.15, 0.2) is 47.6 Å². The molecule has 2 aromatic rings. The summed E-state index contributed by atoms with van der Waals surface area (Å²) in [5, 5.41) is 12.0. The van der Waals surface area contributed by atoms with Gasteiger partial charge in [0, 0.05) is 25.1 Å². The van der Waals surface area contributed by atoms with Crippen molar-refractivity contribution in [3.8, 4) is 11.8 Å². The summed E-state index contributed by atoms with van der Waals surface area (Å²) in [4.78, 5) is 20.7. The number of nitriles is 1. The highest BCUT2D eigenvalue weighted by molar-refractivity contribution is 6.06. The number of hydrogen-bond acceptors (Lipinski definition) is 5. The predicted octanol–water partition coefficient (Wildman–Crippen LogP) is 3.14. The molecule has 0 aliphatic carbocycles. The summed E-state index contributed by atoms with van der Waals surface area (Å²) >= 11 is 0. The third kappa shape index (κ3) is 3.89. The van der Waals surface area contributed by atoms with E-state index in [0.717, 1.165) is 5.56 Å². The SMILES string of the molecule is CC(=O)NC(=NC1CC(C)(C)Oc2ccc(C#N)cc21)c1ccccn1. The van der Waals surface area contributed by atoms with Crippen LogP contribution in [0.25, 0.3) is 0 Å². The first kappa shape index (κ1) is 17.6. The van der Waals surface area contributed by atoms with Gasteiger partial charge in [0.1, 0.15) is 17.0 Å². The van der Waals surface area contributed by atoms with Crippen molar-refractivity contribution in [3.05, 3.63) is 59.4 Å². The van der Waals surface area contributed by atoms with E-state index in [0.29, 0.717) is 29.3 Å². The molecule has 1 unspecified atom stereocenters. The first-order chi connectivity index (χ1) is 12.4. The van der Waals surface area contributed by atoms with Crippen molar-refractivity contribution in [1.29, 1.82) is 5.26 Å². The van der Waals surface area contributed by atoms with Crippen molar-refractivity contribution in [1.82, 2.24) is 10.3 Å². The minimum Gasteiger partial charge on any atom is -0.487 e. The Labute approximate surface area is 152 Å². The van der Waals surface area contributed by atoms with Crippen LogP contribution in [0.3, 0.4) is 0 Å². The van der Waals surface area contributed by atoms with Gasteiger partial charge in [-0.1, -0.05) is 6.07 Å². The van der Waals surface area contributed by atoms with E-state index in [-0.39, 0.29) is 11.9 Å². The third-order valence-corrected chi connectivity index (χ3v) is 4.06. The number of ether oxygens (including phenoxy) is 1. The molecule has 1 aromatic heterocycles. The molecule has 2 heterocycles. The van der Waals surface area contributed by atoms with E-state index in [1.54, 1.807) is 36.5 Å². The lowest BCUT2D eigenvalue weighted by molar-refractivity contribution is -0.117. The summed E-state index contributed by atoms with van der Waals surface area (Å²) in [6, 6.07) is 12.7. The number of hydrogen-bond donors (Lipinski definition) is 1. The minimum atomic E-state index is -0.416. The molecular weight excluding hydrogens is 328 g/mol. The monoisotopic (exact) mass is 348 g/mol. The van der Waals surface area contributed by atoms with E-state index in [4.69, 9.17) is 9.73 Å². The number of benzene rings is 1. The fourth-order valence-corrected chi connectivity index (χ4v) is 2.99. The van der Waals surface area contributed by atoms with E-state index in [2.05, 4.69) is 16.4 Å². The van der Waals surface area contributed by atoms with Gasteiger partial charge in [-0.3, -0.25) is 14.8 Å². The Morgan fingerprint density at radius 2 is 2.19 bits per heavy atom. The number of rotatable bonds is 2. The molecule has 132 valence electrons. The lowest BCUT2D eigenvalue weighted by Gasteiger charge is -2.36. The molecule has 1 atom stereocenters. The zero-order valence-electron chi connectivity index (χ0n) is 15.0. The zero-order valence-corrected chi connectivity index (χ0v) is 15.0. The van der Waals surface area contributed by atoms with Gasteiger partial charge in [-0.15, -0.1) is 0 Å². The van der Waals surface area contributed by atoms with Crippen molar-refractivity contribution >= 4 is 11.7 Å². The molecule has 3 rings (SSSR count). The van der Waals surface area contributed by atoms with Crippen molar-refractivity contribution in [2.75, 3.05) is 0 Å². The number of amides is 1. The highest BCUT2D eigenvalue weighted by Gasteiger charge is 2.34. The number of nitrogens with one attached hydrogen (secondary N) is 1. The largest absolute Gasteiger partial charge is 0.487 e. The second-order valence-electron chi connectivity index (χ2n) is 6.82. The molecule has 0 fully saturated rings. The molecule has 1 amide bonds.